The molecule has 2 amide bonds. The molecule has 2 unspecified atom stereocenters. The molecule has 0 aromatic heterocycles. The van der Waals surface area contributed by atoms with Crippen molar-refractivity contribution in [1.82, 2.24) is 5.32 Å². The Bertz CT molecular complexity index is 379. The van der Waals surface area contributed by atoms with E-state index in [1.54, 1.807) is 0 Å². The van der Waals surface area contributed by atoms with Crippen LogP contribution in [0.4, 0.5) is 4.79 Å². The van der Waals surface area contributed by atoms with Crippen molar-refractivity contribution in [3.05, 3.63) is 23.3 Å². The molecule has 4 nitrogen and oxygen atoms in total. The van der Waals surface area contributed by atoms with Gasteiger partial charge in [0.15, 0.2) is 0 Å². The monoisotopic (exact) mass is 191 g/mol. The minimum absolute atomic E-state index is 0.0105. The number of urea groups is 1. The first-order chi connectivity index (χ1) is 6.58. The van der Waals surface area contributed by atoms with Gasteiger partial charge in [-0.15, -0.1) is 0 Å². The number of allylic oxidation sites excluding steroid dienone is 2. The maximum absolute atomic E-state index is 11.1. The van der Waals surface area contributed by atoms with E-state index in [0.29, 0.717) is 5.84 Å². The Morgan fingerprint density at radius 2 is 2.21 bits per heavy atom. The molecule has 0 bridgehead atoms. The summed E-state index contributed by atoms with van der Waals surface area (Å²) in [6, 6.07) is -0.354. The zero-order chi connectivity index (χ0) is 10.3. The second-order valence-electron chi connectivity index (χ2n) is 3.79. The summed E-state index contributed by atoms with van der Waals surface area (Å²) in [6.45, 7) is 4.01. The van der Waals surface area contributed by atoms with Gasteiger partial charge in [0.25, 0.3) is 0 Å². The smallest absolute Gasteiger partial charge is 0.343 e. The van der Waals surface area contributed by atoms with Gasteiger partial charge in [-0.25, -0.2) is 4.79 Å². The maximum Gasteiger partial charge on any atom is 0.343 e. The second kappa shape index (κ2) is 2.97. The minimum Gasteiger partial charge on any atom is -0.386 e. The van der Waals surface area contributed by atoms with Crippen LogP contribution in [0.2, 0.25) is 0 Å². The van der Waals surface area contributed by atoms with Crippen LogP contribution in [0, 0.1) is 5.92 Å². The number of aliphatic imine (C=N–C) groups is 1. The lowest BCUT2D eigenvalue weighted by Gasteiger charge is -2.32. The largest absolute Gasteiger partial charge is 0.386 e. The molecule has 1 aliphatic heterocycles. The van der Waals surface area contributed by atoms with E-state index in [0.717, 1.165) is 11.1 Å². The van der Waals surface area contributed by atoms with Gasteiger partial charge < -0.3 is 11.1 Å². The molecular formula is C10H13N3O. The van der Waals surface area contributed by atoms with Crippen molar-refractivity contribution in [2.45, 2.75) is 19.9 Å². The van der Waals surface area contributed by atoms with Crippen LogP contribution in [0.25, 0.3) is 0 Å². The molecule has 3 N–H and O–H groups in total. The van der Waals surface area contributed by atoms with Crippen LogP contribution >= 0.6 is 0 Å². The third kappa shape index (κ3) is 1.32. The quantitative estimate of drug-likeness (QED) is 0.598. The topological polar surface area (TPSA) is 67.5 Å². The van der Waals surface area contributed by atoms with E-state index in [1.807, 2.05) is 19.9 Å². The number of nitrogens with one attached hydrogen (secondary N) is 1. The van der Waals surface area contributed by atoms with E-state index in [-0.39, 0.29) is 18.0 Å². The van der Waals surface area contributed by atoms with Crippen LogP contribution in [0.1, 0.15) is 13.8 Å². The Morgan fingerprint density at radius 1 is 1.50 bits per heavy atom. The number of amidine groups is 1. The zero-order valence-corrected chi connectivity index (χ0v) is 8.24. The summed E-state index contributed by atoms with van der Waals surface area (Å²) >= 11 is 0. The number of nitrogens with two attached hydrogens (primary N) is 1. The standard InChI is InChI=1S/C10H13N3O/c1-5-3-6(2)8-7(4-5)9(11)13-10(14)12-8/h3-4,7-8H,1-2H3,(H3,11,12,13,14). The van der Waals surface area contributed by atoms with E-state index in [2.05, 4.69) is 16.4 Å². The normalized spacial score (nSPS) is 31.0. The molecule has 14 heavy (non-hydrogen) atoms. The lowest BCUT2D eigenvalue weighted by molar-refractivity contribution is 0.243. The molecule has 74 valence electrons. The fourth-order valence-electron chi connectivity index (χ4n) is 1.98. The van der Waals surface area contributed by atoms with E-state index in [1.165, 1.54) is 0 Å². The third-order valence-electron chi connectivity index (χ3n) is 2.60. The van der Waals surface area contributed by atoms with Gasteiger partial charge in [0.1, 0.15) is 5.84 Å². The highest BCUT2D eigenvalue weighted by molar-refractivity contribution is 5.98. The van der Waals surface area contributed by atoms with Crippen LogP contribution < -0.4 is 11.1 Å². The number of nitrogens with zero attached hydrogens (tertiary/aromatic N) is 1. The highest BCUT2D eigenvalue weighted by Crippen LogP contribution is 2.25. The van der Waals surface area contributed by atoms with Gasteiger partial charge in [0, 0.05) is 0 Å². The van der Waals surface area contributed by atoms with Crippen molar-refractivity contribution in [3.63, 3.8) is 0 Å². The van der Waals surface area contributed by atoms with Crippen LogP contribution in [-0.2, 0) is 0 Å². The Morgan fingerprint density at radius 3 is 2.93 bits per heavy atom. The van der Waals surface area contributed by atoms with Gasteiger partial charge in [0.05, 0.1) is 12.0 Å². The molecule has 2 rings (SSSR count). The summed E-state index contributed by atoms with van der Waals surface area (Å²) in [5.41, 5.74) is 8.01. The molecule has 0 saturated carbocycles. The van der Waals surface area contributed by atoms with E-state index < -0.39 is 0 Å². The van der Waals surface area contributed by atoms with Crippen LogP contribution in [-0.4, -0.2) is 17.9 Å². The van der Waals surface area contributed by atoms with Crippen LogP contribution in [0.15, 0.2) is 28.3 Å². The SMILES string of the molecule is CC1=CC2C(N)=NC(=O)NC2C(C)=C1. The van der Waals surface area contributed by atoms with Gasteiger partial charge in [0.2, 0.25) is 0 Å². The fraction of sp³-hybridized carbons (Fsp3) is 0.400. The number of fused-ring (bicyclic) bond motifs is 1. The number of rotatable bonds is 0. The van der Waals surface area contributed by atoms with Crippen molar-refractivity contribution in [1.29, 1.82) is 0 Å². The molecule has 0 spiro atoms. The summed E-state index contributed by atoms with van der Waals surface area (Å²) in [5, 5.41) is 2.80. The Hall–Kier alpha value is -1.58. The predicted octanol–water partition coefficient (Wildman–Crippen LogP) is 0.958. The molecule has 1 heterocycles. The van der Waals surface area contributed by atoms with Gasteiger partial charge in [-0.05, 0) is 19.4 Å². The van der Waals surface area contributed by atoms with Gasteiger partial charge >= 0.3 is 6.03 Å². The molecule has 4 heteroatoms. The highest BCUT2D eigenvalue weighted by atomic mass is 16.2. The number of carbonyl (C=O) groups excluding carboxylic acids is 1. The van der Waals surface area contributed by atoms with Gasteiger partial charge in [-0.1, -0.05) is 17.7 Å². The van der Waals surface area contributed by atoms with Crippen molar-refractivity contribution >= 4 is 11.9 Å². The lowest BCUT2D eigenvalue weighted by atomic mass is 9.85. The van der Waals surface area contributed by atoms with Crippen molar-refractivity contribution in [2.24, 2.45) is 16.6 Å². The number of amides is 2. The third-order valence-corrected chi connectivity index (χ3v) is 2.60. The van der Waals surface area contributed by atoms with Gasteiger partial charge in [-0.2, -0.15) is 4.99 Å². The van der Waals surface area contributed by atoms with Gasteiger partial charge in [-0.3, -0.25) is 0 Å². The summed E-state index contributed by atoms with van der Waals surface area (Å²) in [6.07, 6.45) is 4.09. The van der Waals surface area contributed by atoms with Crippen LogP contribution in [0.3, 0.4) is 0 Å². The lowest BCUT2D eigenvalue weighted by Crippen LogP contribution is -2.50. The Kier molecular flexibility index (Phi) is 1.91. The molecule has 0 aromatic rings. The van der Waals surface area contributed by atoms with E-state index in [4.69, 9.17) is 5.73 Å². The second-order valence-corrected chi connectivity index (χ2v) is 3.79. The van der Waals surface area contributed by atoms with Crippen molar-refractivity contribution < 1.29 is 4.79 Å². The number of hydrogen-bond donors (Lipinski definition) is 2. The predicted molar refractivity (Wildman–Crippen MR) is 54.9 cm³/mol. The summed E-state index contributed by atoms with van der Waals surface area (Å²) in [5.74, 6) is 0.434. The molecular weight excluding hydrogens is 178 g/mol. The molecule has 0 fully saturated rings. The summed E-state index contributed by atoms with van der Waals surface area (Å²) < 4.78 is 0. The average Bonchev–Trinajstić information content (AvgIpc) is 2.07. The van der Waals surface area contributed by atoms with E-state index in [9.17, 15) is 4.79 Å². The minimum atomic E-state index is -0.343. The van der Waals surface area contributed by atoms with E-state index >= 15 is 0 Å². The summed E-state index contributed by atoms with van der Waals surface area (Å²) in [7, 11) is 0. The van der Waals surface area contributed by atoms with Crippen molar-refractivity contribution in [2.75, 3.05) is 0 Å². The number of carbonyl (C=O) groups is 1. The molecule has 2 atom stereocenters. The first kappa shape index (κ1) is 8.99. The highest BCUT2D eigenvalue weighted by Gasteiger charge is 2.32. The molecule has 0 saturated heterocycles. The molecule has 0 aromatic carbocycles. The zero-order valence-electron chi connectivity index (χ0n) is 8.24. The van der Waals surface area contributed by atoms with Crippen LogP contribution in [0.5, 0.6) is 0 Å². The Labute approximate surface area is 82.6 Å². The average molecular weight is 191 g/mol. The Balaban J connectivity index is 2.42. The molecule has 0 radical (unpaired) electrons. The maximum atomic E-state index is 11.1. The molecule has 2 aliphatic rings. The molecule has 1 aliphatic carbocycles. The first-order valence-corrected chi connectivity index (χ1v) is 4.59. The first-order valence-electron chi connectivity index (χ1n) is 4.59. The number of hydrogen-bond acceptors (Lipinski definition) is 2. The summed E-state index contributed by atoms with van der Waals surface area (Å²) in [4.78, 5) is 14.8. The fourth-order valence-corrected chi connectivity index (χ4v) is 1.98. The van der Waals surface area contributed by atoms with Crippen molar-refractivity contribution in [3.8, 4) is 0 Å².